The minimum atomic E-state index is -3.10. The van der Waals surface area contributed by atoms with Gasteiger partial charge in [-0.05, 0) is 26.0 Å². The van der Waals surface area contributed by atoms with Gasteiger partial charge >= 0.3 is 0 Å². The van der Waals surface area contributed by atoms with Crippen LogP contribution in [-0.2, 0) is 10.0 Å². The highest BCUT2D eigenvalue weighted by Crippen LogP contribution is 2.18. The molecule has 4 nitrogen and oxygen atoms in total. The third-order valence-electron chi connectivity index (χ3n) is 3.32. The lowest BCUT2D eigenvalue weighted by atomic mass is 10.2. The van der Waals surface area contributed by atoms with Crippen LogP contribution < -0.4 is 4.90 Å². The smallest absolute Gasteiger partial charge is 0.216 e. The molecule has 0 aromatic heterocycles. The third kappa shape index (κ3) is 2.67. The molecule has 1 saturated heterocycles. The van der Waals surface area contributed by atoms with Crippen molar-refractivity contribution in [2.75, 3.05) is 31.1 Å². The summed E-state index contributed by atoms with van der Waals surface area (Å²) in [5, 5.41) is -0.333. The van der Waals surface area contributed by atoms with Crippen molar-refractivity contribution in [1.29, 1.82) is 0 Å². The minimum absolute atomic E-state index is 0.333. The van der Waals surface area contributed by atoms with Gasteiger partial charge in [-0.25, -0.2) is 8.42 Å². The summed E-state index contributed by atoms with van der Waals surface area (Å²) in [4.78, 5) is 2.23. The maximum Gasteiger partial charge on any atom is 0.216 e. The van der Waals surface area contributed by atoms with Crippen LogP contribution in [0.2, 0.25) is 0 Å². The summed E-state index contributed by atoms with van der Waals surface area (Å²) in [5.74, 6) is 0. The number of hydrogen-bond donors (Lipinski definition) is 0. The zero-order valence-corrected chi connectivity index (χ0v) is 11.7. The Kier molecular flexibility index (Phi) is 3.92. The lowest BCUT2D eigenvalue weighted by Gasteiger charge is -2.36. The first-order valence-electron chi connectivity index (χ1n) is 6.31. The van der Waals surface area contributed by atoms with Crippen molar-refractivity contribution in [3.63, 3.8) is 0 Å². The van der Waals surface area contributed by atoms with Crippen LogP contribution in [0, 0.1) is 0 Å². The van der Waals surface area contributed by atoms with Crippen LogP contribution in [0.1, 0.15) is 13.8 Å². The highest BCUT2D eigenvalue weighted by Gasteiger charge is 2.29. The van der Waals surface area contributed by atoms with E-state index >= 15 is 0 Å². The van der Waals surface area contributed by atoms with Gasteiger partial charge in [-0.15, -0.1) is 0 Å². The number of para-hydroxylation sites is 1. The second kappa shape index (κ2) is 5.28. The molecule has 1 aromatic rings. The maximum absolute atomic E-state index is 12.0. The molecule has 0 atom stereocenters. The Morgan fingerprint density at radius 3 is 2.06 bits per heavy atom. The largest absolute Gasteiger partial charge is 0.369 e. The predicted molar refractivity (Wildman–Crippen MR) is 74.3 cm³/mol. The van der Waals surface area contributed by atoms with Crippen LogP contribution >= 0.6 is 0 Å². The molecule has 0 bridgehead atoms. The minimum Gasteiger partial charge on any atom is -0.369 e. The average Bonchev–Trinajstić information content (AvgIpc) is 2.40. The predicted octanol–water partition coefficient (Wildman–Crippen LogP) is 1.55. The monoisotopic (exact) mass is 268 g/mol. The van der Waals surface area contributed by atoms with Crippen LogP contribution in [0.15, 0.2) is 30.3 Å². The average molecular weight is 268 g/mol. The van der Waals surface area contributed by atoms with E-state index in [2.05, 4.69) is 17.0 Å². The van der Waals surface area contributed by atoms with Crippen LogP contribution in [0.3, 0.4) is 0 Å². The van der Waals surface area contributed by atoms with Crippen LogP contribution in [0.25, 0.3) is 0 Å². The fourth-order valence-corrected chi connectivity index (χ4v) is 3.41. The van der Waals surface area contributed by atoms with Crippen molar-refractivity contribution in [3.05, 3.63) is 30.3 Å². The molecule has 0 spiro atoms. The van der Waals surface area contributed by atoms with Crippen molar-refractivity contribution in [1.82, 2.24) is 4.31 Å². The van der Waals surface area contributed by atoms with Gasteiger partial charge in [-0.3, -0.25) is 0 Å². The van der Waals surface area contributed by atoms with Gasteiger partial charge in [0.2, 0.25) is 10.0 Å². The topological polar surface area (TPSA) is 40.6 Å². The number of nitrogens with zero attached hydrogens (tertiary/aromatic N) is 2. The Labute approximate surface area is 109 Å². The first-order valence-corrected chi connectivity index (χ1v) is 7.81. The number of hydrogen-bond acceptors (Lipinski definition) is 3. The van der Waals surface area contributed by atoms with E-state index in [1.807, 2.05) is 18.2 Å². The Morgan fingerprint density at radius 1 is 1.00 bits per heavy atom. The second-order valence-electron chi connectivity index (χ2n) is 4.82. The Balaban J connectivity index is 2.01. The fourth-order valence-electron chi connectivity index (χ4n) is 2.14. The Hall–Kier alpha value is -1.07. The van der Waals surface area contributed by atoms with Gasteiger partial charge in [-0.2, -0.15) is 4.31 Å². The van der Waals surface area contributed by atoms with Gasteiger partial charge in [0, 0.05) is 31.9 Å². The molecular formula is C13H20N2O2S. The molecular weight excluding hydrogens is 248 g/mol. The van der Waals surface area contributed by atoms with Crippen molar-refractivity contribution >= 4 is 15.7 Å². The van der Waals surface area contributed by atoms with Gasteiger partial charge in [0.1, 0.15) is 0 Å². The van der Waals surface area contributed by atoms with E-state index in [-0.39, 0.29) is 5.25 Å². The van der Waals surface area contributed by atoms with E-state index in [1.54, 1.807) is 18.2 Å². The normalized spacial score (nSPS) is 18.3. The first-order chi connectivity index (χ1) is 8.51. The van der Waals surface area contributed by atoms with E-state index in [9.17, 15) is 8.42 Å². The summed E-state index contributed by atoms with van der Waals surface area (Å²) in [7, 11) is -3.10. The number of benzene rings is 1. The number of anilines is 1. The third-order valence-corrected chi connectivity index (χ3v) is 5.59. The molecule has 0 N–H and O–H groups in total. The molecule has 1 heterocycles. The lowest BCUT2D eigenvalue weighted by Crippen LogP contribution is -2.50. The molecule has 0 amide bonds. The van der Waals surface area contributed by atoms with Gasteiger partial charge < -0.3 is 4.90 Å². The van der Waals surface area contributed by atoms with E-state index in [0.717, 1.165) is 13.1 Å². The van der Waals surface area contributed by atoms with E-state index in [0.29, 0.717) is 13.1 Å². The maximum atomic E-state index is 12.0. The SMILES string of the molecule is CC(C)S(=O)(=O)N1CCN(c2ccccc2)CC1. The highest BCUT2D eigenvalue weighted by molar-refractivity contribution is 7.89. The lowest BCUT2D eigenvalue weighted by molar-refractivity contribution is 0.381. The van der Waals surface area contributed by atoms with Gasteiger partial charge in [0.25, 0.3) is 0 Å². The summed E-state index contributed by atoms with van der Waals surface area (Å²) in [6.45, 7) is 6.15. The Morgan fingerprint density at radius 2 is 1.56 bits per heavy atom. The zero-order chi connectivity index (χ0) is 13.2. The highest BCUT2D eigenvalue weighted by atomic mass is 32.2. The standard InChI is InChI=1S/C13H20N2O2S/c1-12(2)18(16,17)15-10-8-14(9-11-15)13-6-4-3-5-7-13/h3-7,12H,8-11H2,1-2H3. The molecule has 5 heteroatoms. The summed E-state index contributed by atoms with van der Waals surface area (Å²) in [6.07, 6.45) is 0. The molecule has 18 heavy (non-hydrogen) atoms. The van der Waals surface area contributed by atoms with Crippen molar-refractivity contribution in [2.45, 2.75) is 19.1 Å². The molecule has 0 aliphatic carbocycles. The number of rotatable bonds is 3. The molecule has 0 radical (unpaired) electrons. The first kappa shape index (κ1) is 13.4. The molecule has 1 aromatic carbocycles. The molecule has 0 saturated carbocycles. The van der Waals surface area contributed by atoms with Crippen molar-refractivity contribution in [3.8, 4) is 0 Å². The van der Waals surface area contributed by atoms with E-state index in [1.165, 1.54) is 5.69 Å². The van der Waals surface area contributed by atoms with E-state index < -0.39 is 10.0 Å². The molecule has 100 valence electrons. The van der Waals surface area contributed by atoms with E-state index in [4.69, 9.17) is 0 Å². The summed E-state index contributed by atoms with van der Waals surface area (Å²) < 4.78 is 25.7. The fraction of sp³-hybridized carbons (Fsp3) is 0.538. The molecule has 1 fully saturated rings. The van der Waals surface area contributed by atoms with Crippen molar-refractivity contribution in [2.24, 2.45) is 0 Å². The molecule has 2 rings (SSSR count). The quantitative estimate of drug-likeness (QED) is 0.835. The van der Waals surface area contributed by atoms with Gasteiger partial charge in [0.05, 0.1) is 5.25 Å². The summed E-state index contributed by atoms with van der Waals surface area (Å²) in [5.41, 5.74) is 1.17. The van der Waals surface area contributed by atoms with Gasteiger partial charge in [-0.1, -0.05) is 18.2 Å². The summed E-state index contributed by atoms with van der Waals surface area (Å²) >= 11 is 0. The van der Waals surface area contributed by atoms with Crippen LogP contribution in [0.5, 0.6) is 0 Å². The van der Waals surface area contributed by atoms with Crippen LogP contribution in [-0.4, -0.2) is 44.2 Å². The molecule has 1 aliphatic rings. The van der Waals surface area contributed by atoms with Crippen molar-refractivity contribution < 1.29 is 8.42 Å². The molecule has 0 unspecified atom stereocenters. The van der Waals surface area contributed by atoms with Gasteiger partial charge in [0.15, 0.2) is 0 Å². The Bertz CT molecular complexity index is 477. The zero-order valence-electron chi connectivity index (χ0n) is 10.9. The molecule has 1 aliphatic heterocycles. The number of piperazine rings is 1. The van der Waals surface area contributed by atoms with Crippen LogP contribution in [0.4, 0.5) is 5.69 Å². The number of sulfonamides is 1. The second-order valence-corrected chi connectivity index (χ2v) is 7.30. The summed E-state index contributed by atoms with van der Waals surface area (Å²) in [6, 6.07) is 10.1.